The standard InChI is InChI=1S/C31H30ClFN4O2S/c1-38-18-24-6-3-12-37(24)13-11-20-7-9-25-28(15-20)40-31-29(25)30(34-19-35-31)36-23-8-10-27(26(32)16-23)39-17-21-4-2-5-22(33)14-21/h2,4-5,7-10,14-16,19,24H,3,6,11-13,17-18H2,1H3,(H,34,35,36)/t24-/m1/s1. The van der Waals surface area contributed by atoms with Gasteiger partial charge in [-0.2, -0.15) is 0 Å². The number of hydrogen-bond donors (Lipinski definition) is 1. The number of fused-ring (bicyclic) bond motifs is 3. The van der Waals surface area contributed by atoms with E-state index in [-0.39, 0.29) is 12.4 Å². The Bertz CT molecular complexity index is 1650. The Morgan fingerprint density at radius 3 is 2.88 bits per heavy atom. The molecule has 1 fully saturated rings. The molecule has 0 aliphatic carbocycles. The number of anilines is 2. The van der Waals surface area contributed by atoms with Gasteiger partial charge in [0.15, 0.2) is 0 Å². The maximum Gasteiger partial charge on any atom is 0.143 e. The molecule has 6 rings (SSSR count). The van der Waals surface area contributed by atoms with Gasteiger partial charge in [0.25, 0.3) is 0 Å². The van der Waals surface area contributed by atoms with Gasteiger partial charge in [0.1, 0.15) is 35.1 Å². The number of rotatable bonds is 10. The topological polar surface area (TPSA) is 59.5 Å². The smallest absolute Gasteiger partial charge is 0.143 e. The maximum absolute atomic E-state index is 13.5. The van der Waals surface area contributed by atoms with Crippen LogP contribution in [0.5, 0.6) is 5.75 Å². The average Bonchev–Trinajstić information content (AvgIpc) is 3.56. The minimum absolute atomic E-state index is 0.228. The fraction of sp³-hybridized carbons (Fsp3) is 0.290. The van der Waals surface area contributed by atoms with Crippen LogP contribution in [0.25, 0.3) is 20.3 Å². The Labute approximate surface area is 241 Å². The van der Waals surface area contributed by atoms with Crippen molar-refractivity contribution >= 4 is 54.7 Å². The van der Waals surface area contributed by atoms with E-state index in [2.05, 4.69) is 38.4 Å². The van der Waals surface area contributed by atoms with Gasteiger partial charge in [-0.15, -0.1) is 11.3 Å². The molecule has 206 valence electrons. The van der Waals surface area contributed by atoms with Crippen molar-refractivity contribution in [2.24, 2.45) is 0 Å². The van der Waals surface area contributed by atoms with Gasteiger partial charge in [-0.25, -0.2) is 14.4 Å². The number of likely N-dealkylation sites (tertiary alicyclic amines) is 1. The van der Waals surface area contributed by atoms with Crippen molar-refractivity contribution in [3.63, 3.8) is 0 Å². The second-order valence-corrected chi connectivity index (χ2v) is 11.5. The molecule has 0 amide bonds. The molecule has 1 aliphatic rings. The van der Waals surface area contributed by atoms with E-state index in [0.717, 1.165) is 58.8 Å². The molecule has 1 aliphatic heterocycles. The largest absolute Gasteiger partial charge is 0.487 e. The predicted octanol–water partition coefficient (Wildman–Crippen LogP) is 7.61. The summed E-state index contributed by atoms with van der Waals surface area (Å²) in [6.07, 6.45) is 5.05. The molecular formula is C31H30ClFN4O2S. The zero-order valence-corrected chi connectivity index (χ0v) is 23.8. The van der Waals surface area contributed by atoms with Crippen molar-refractivity contribution in [3.8, 4) is 5.75 Å². The molecule has 1 N–H and O–H groups in total. The molecule has 3 heterocycles. The van der Waals surface area contributed by atoms with Gasteiger partial charge >= 0.3 is 0 Å². The van der Waals surface area contributed by atoms with Crippen LogP contribution in [-0.4, -0.2) is 47.7 Å². The van der Waals surface area contributed by atoms with Crippen LogP contribution < -0.4 is 10.1 Å². The highest BCUT2D eigenvalue weighted by molar-refractivity contribution is 7.25. The lowest BCUT2D eigenvalue weighted by molar-refractivity contribution is 0.116. The molecule has 5 aromatic rings. The van der Waals surface area contributed by atoms with Crippen LogP contribution >= 0.6 is 22.9 Å². The molecule has 2 aromatic heterocycles. The highest BCUT2D eigenvalue weighted by atomic mass is 35.5. The van der Waals surface area contributed by atoms with Crippen molar-refractivity contribution in [3.05, 3.63) is 89.0 Å². The summed E-state index contributed by atoms with van der Waals surface area (Å²) in [4.78, 5) is 12.6. The van der Waals surface area contributed by atoms with E-state index < -0.39 is 0 Å². The van der Waals surface area contributed by atoms with Gasteiger partial charge in [-0.3, -0.25) is 4.90 Å². The summed E-state index contributed by atoms with van der Waals surface area (Å²) >= 11 is 8.21. The van der Waals surface area contributed by atoms with E-state index >= 15 is 0 Å². The van der Waals surface area contributed by atoms with Crippen molar-refractivity contribution in [2.45, 2.75) is 31.9 Å². The lowest BCUT2D eigenvalue weighted by Crippen LogP contribution is -2.34. The van der Waals surface area contributed by atoms with Gasteiger partial charge in [-0.1, -0.05) is 35.9 Å². The van der Waals surface area contributed by atoms with E-state index in [1.165, 1.54) is 35.2 Å². The molecular weight excluding hydrogens is 547 g/mol. The second-order valence-electron chi connectivity index (χ2n) is 10.1. The molecule has 3 aromatic carbocycles. The molecule has 40 heavy (non-hydrogen) atoms. The normalized spacial score (nSPS) is 15.7. The Morgan fingerprint density at radius 2 is 2.02 bits per heavy atom. The van der Waals surface area contributed by atoms with Gasteiger partial charge in [-0.05, 0) is 73.3 Å². The predicted molar refractivity (Wildman–Crippen MR) is 161 cm³/mol. The minimum Gasteiger partial charge on any atom is -0.487 e. The summed E-state index contributed by atoms with van der Waals surface area (Å²) in [6.45, 7) is 3.22. The van der Waals surface area contributed by atoms with Crippen LogP contribution in [0.2, 0.25) is 5.02 Å². The number of halogens is 2. The summed E-state index contributed by atoms with van der Waals surface area (Å²) in [5.41, 5.74) is 2.85. The third-order valence-corrected chi connectivity index (χ3v) is 8.71. The van der Waals surface area contributed by atoms with E-state index in [1.54, 1.807) is 43.0 Å². The van der Waals surface area contributed by atoms with Gasteiger partial charge in [0.05, 0.1) is 17.0 Å². The second kappa shape index (κ2) is 12.1. The third kappa shape index (κ3) is 5.90. The monoisotopic (exact) mass is 576 g/mol. The lowest BCUT2D eigenvalue weighted by Gasteiger charge is -2.23. The number of benzene rings is 3. The van der Waals surface area contributed by atoms with Crippen LogP contribution in [-0.2, 0) is 17.8 Å². The molecule has 1 atom stereocenters. The lowest BCUT2D eigenvalue weighted by atomic mass is 10.1. The van der Waals surface area contributed by atoms with Gasteiger partial charge < -0.3 is 14.8 Å². The molecule has 1 saturated heterocycles. The Hall–Kier alpha value is -3.30. The highest BCUT2D eigenvalue weighted by Gasteiger charge is 2.24. The maximum atomic E-state index is 13.5. The minimum atomic E-state index is -0.293. The number of ether oxygens (including phenoxy) is 2. The SMILES string of the molecule is COC[C@H]1CCCN1CCc1ccc2c(c1)sc1ncnc(Nc3ccc(OCc4cccc(F)c4)c(Cl)c3)c12. The highest BCUT2D eigenvalue weighted by Crippen LogP contribution is 2.38. The van der Waals surface area contributed by atoms with E-state index in [1.807, 2.05) is 12.1 Å². The summed E-state index contributed by atoms with van der Waals surface area (Å²) in [7, 11) is 1.79. The first-order valence-electron chi connectivity index (χ1n) is 13.4. The number of hydrogen-bond acceptors (Lipinski definition) is 7. The zero-order chi connectivity index (χ0) is 27.5. The summed E-state index contributed by atoms with van der Waals surface area (Å²) in [5.74, 6) is 0.964. The molecule has 0 unspecified atom stereocenters. The number of methoxy groups -OCH3 is 1. The molecule has 6 nitrogen and oxygen atoms in total. The average molecular weight is 577 g/mol. The van der Waals surface area contributed by atoms with Gasteiger partial charge in [0.2, 0.25) is 0 Å². The summed E-state index contributed by atoms with van der Waals surface area (Å²) in [5, 5.41) is 6.00. The van der Waals surface area contributed by atoms with Crippen LogP contribution in [0, 0.1) is 5.82 Å². The Kier molecular flexibility index (Phi) is 8.11. The zero-order valence-electron chi connectivity index (χ0n) is 22.2. The third-order valence-electron chi connectivity index (χ3n) is 7.36. The number of aromatic nitrogens is 2. The number of nitrogens with one attached hydrogen (secondary N) is 1. The first-order valence-corrected chi connectivity index (χ1v) is 14.6. The molecule has 0 saturated carbocycles. The van der Waals surface area contributed by atoms with Crippen molar-refractivity contribution in [2.75, 3.05) is 32.1 Å². The molecule has 9 heteroatoms. The van der Waals surface area contributed by atoms with E-state index in [0.29, 0.717) is 16.8 Å². The fourth-order valence-electron chi connectivity index (χ4n) is 5.37. The summed E-state index contributed by atoms with van der Waals surface area (Å²) in [6, 6.07) is 19.0. The van der Waals surface area contributed by atoms with Crippen LogP contribution in [0.4, 0.5) is 15.9 Å². The van der Waals surface area contributed by atoms with Gasteiger partial charge in [0, 0.05) is 35.5 Å². The Balaban J connectivity index is 1.18. The molecule has 0 spiro atoms. The van der Waals surface area contributed by atoms with Crippen molar-refractivity contribution < 1.29 is 13.9 Å². The number of thiophene rings is 1. The van der Waals surface area contributed by atoms with Crippen molar-refractivity contribution in [1.29, 1.82) is 0 Å². The summed E-state index contributed by atoms with van der Waals surface area (Å²) < 4.78 is 25.9. The molecule has 0 radical (unpaired) electrons. The number of nitrogens with zero attached hydrogens (tertiary/aromatic N) is 3. The Morgan fingerprint density at radius 1 is 1.10 bits per heavy atom. The van der Waals surface area contributed by atoms with Crippen LogP contribution in [0.15, 0.2) is 67.0 Å². The first kappa shape index (κ1) is 26.9. The van der Waals surface area contributed by atoms with Crippen LogP contribution in [0.3, 0.4) is 0 Å². The van der Waals surface area contributed by atoms with E-state index in [9.17, 15) is 4.39 Å². The quantitative estimate of drug-likeness (QED) is 0.185. The van der Waals surface area contributed by atoms with Crippen LogP contribution in [0.1, 0.15) is 24.0 Å². The van der Waals surface area contributed by atoms with Crippen molar-refractivity contribution in [1.82, 2.24) is 14.9 Å². The van der Waals surface area contributed by atoms with E-state index in [4.69, 9.17) is 21.1 Å². The molecule has 0 bridgehead atoms. The first-order chi connectivity index (χ1) is 19.6. The fourth-order valence-corrected chi connectivity index (χ4v) is 6.71.